The predicted octanol–water partition coefficient (Wildman–Crippen LogP) is 10.4. The van der Waals surface area contributed by atoms with Crippen molar-refractivity contribution in [3.8, 4) is 0 Å². The summed E-state index contributed by atoms with van der Waals surface area (Å²) in [6, 6.07) is 54.3. The fourth-order valence-corrected chi connectivity index (χ4v) is 5.68. The maximum absolute atomic E-state index is 2.40. The molecule has 2 nitrogen and oxygen atoms in total. The summed E-state index contributed by atoms with van der Waals surface area (Å²) in [5.74, 6) is 0. The number of nitrogens with zero attached hydrogens (tertiary/aromatic N) is 2. The Kier molecular flexibility index (Phi) is 5.71. The van der Waals surface area contributed by atoms with E-state index in [2.05, 4.69) is 169 Å². The average Bonchev–Trinajstić information content (AvgIpc) is 3.01. The normalized spacial score (nSPS) is 11.2. The van der Waals surface area contributed by atoms with Crippen LogP contribution in [0.1, 0.15) is 0 Å². The number of rotatable bonds is 5. The lowest BCUT2D eigenvalue weighted by atomic mass is 10.0. The van der Waals surface area contributed by atoms with Gasteiger partial charge in [0.25, 0.3) is 0 Å². The molecular weight excluding hydrogens is 472 g/mol. The minimum atomic E-state index is 1.12. The molecule has 0 atom stereocenters. The van der Waals surface area contributed by atoms with E-state index in [-0.39, 0.29) is 0 Å². The Morgan fingerprint density at radius 3 is 1.18 bits per heavy atom. The van der Waals surface area contributed by atoms with Gasteiger partial charge in [-0.1, -0.05) is 109 Å². The van der Waals surface area contributed by atoms with Gasteiger partial charge < -0.3 is 9.80 Å². The molecule has 0 aliphatic heterocycles. The van der Waals surface area contributed by atoms with Gasteiger partial charge in [0.1, 0.15) is 0 Å². The highest BCUT2D eigenvalue weighted by atomic mass is 15.1. The third-order valence-electron chi connectivity index (χ3n) is 7.64. The molecule has 0 amide bonds. The van der Waals surface area contributed by atoms with E-state index in [4.69, 9.17) is 0 Å². The molecule has 0 spiro atoms. The molecule has 7 aromatic carbocycles. The van der Waals surface area contributed by atoms with Crippen molar-refractivity contribution in [2.45, 2.75) is 0 Å². The topological polar surface area (TPSA) is 6.48 Å². The number of hydrogen-bond acceptors (Lipinski definition) is 2. The highest BCUT2D eigenvalue weighted by molar-refractivity contribution is 6.05. The Morgan fingerprint density at radius 2 is 0.692 bits per heavy atom. The van der Waals surface area contributed by atoms with Gasteiger partial charge in [-0.2, -0.15) is 0 Å². The Labute approximate surface area is 229 Å². The SMILES string of the molecule is CN(c1ccc(N(c2cccc3ccccc23)c2cccc3ccccc23)cc1)c1cccc2ccccc12. The van der Waals surface area contributed by atoms with Crippen molar-refractivity contribution >= 4 is 60.8 Å². The van der Waals surface area contributed by atoms with E-state index in [1.54, 1.807) is 0 Å². The van der Waals surface area contributed by atoms with E-state index >= 15 is 0 Å². The lowest BCUT2D eigenvalue weighted by molar-refractivity contribution is 1.21. The molecule has 0 aliphatic rings. The molecule has 7 aromatic rings. The molecule has 39 heavy (non-hydrogen) atoms. The molecule has 0 fully saturated rings. The summed E-state index contributed by atoms with van der Waals surface area (Å²) in [4.78, 5) is 4.67. The van der Waals surface area contributed by atoms with Crippen molar-refractivity contribution < 1.29 is 0 Å². The van der Waals surface area contributed by atoms with Crippen LogP contribution in [-0.4, -0.2) is 7.05 Å². The summed E-state index contributed by atoms with van der Waals surface area (Å²) < 4.78 is 0. The van der Waals surface area contributed by atoms with Gasteiger partial charge in [0.2, 0.25) is 0 Å². The molecule has 0 bridgehead atoms. The van der Waals surface area contributed by atoms with Crippen LogP contribution >= 0.6 is 0 Å². The first-order chi connectivity index (χ1) is 19.3. The summed E-state index contributed by atoms with van der Waals surface area (Å²) in [6.45, 7) is 0. The van der Waals surface area contributed by atoms with E-state index in [9.17, 15) is 0 Å². The van der Waals surface area contributed by atoms with Gasteiger partial charge in [-0.05, 0) is 58.6 Å². The number of hydrogen-bond donors (Lipinski definition) is 0. The lowest BCUT2D eigenvalue weighted by Crippen LogP contribution is -2.12. The summed E-state index contributed by atoms with van der Waals surface area (Å²) in [6.07, 6.45) is 0. The van der Waals surface area contributed by atoms with Gasteiger partial charge in [0.15, 0.2) is 0 Å². The quantitative estimate of drug-likeness (QED) is 0.232. The number of fused-ring (bicyclic) bond motifs is 3. The van der Waals surface area contributed by atoms with Gasteiger partial charge >= 0.3 is 0 Å². The first kappa shape index (κ1) is 23.1. The van der Waals surface area contributed by atoms with Gasteiger partial charge in [-0.25, -0.2) is 0 Å². The monoisotopic (exact) mass is 500 g/mol. The Bertz CT molecular complexity index is 1840. The van der Waals surface area contributed by atoms with Crippen LogP contribution in [0.4, 0.5) is 28.4 Å². The van der Waals surface area contributed by atoms with Gasteiger partial charge in [0, 0.05) is 40.3 Å². The zero-order chi connectivity index (χ0) is 26.2. The second-order valence-electron chi connectivity index (χ2n) is 9.91. The highest BCUT2D eigenvalue weighted by Crippen LogP contribution is 2.42. The van der Waals surface area contributed by atoms with Crippen LogP contribution < -0.4 is 9.80 Å². The molecule has 186 valence electrons. The van der Waals surface area contributed by atoms with Crippen LogP contribution in [0.5, 0.6) is 0 Å². The highest BCUT2D eigenvalue weighted by Gasteiger charge is 2.18. The number of anilines is 5. The van der Waals surface area contributed by atoms with Crippen LogP contribution in [-0.2, 0) is 0 Å². The minimum Gasteiger partial charge on any atom is -0.344 e. The van der Waals surface area contributed by atoms with Crippen LogP contribution in [0.25, 0.3) is 32.3 Å². The standard InChI is InChI=1S/C37H28N2/c1-38(35-20-8-14-27-11-2-5-17-32(27)35)30-23-25-31(26-24-30)39(36-21-9-15-28-12-3-6-18-33(28)36)37-22-10-16-29-13-4-7-19-34(29)37/h2-26H,1H3. The number of benzene rings is 7. The molecule has 0 heterocycles. The van der Waals surface area contributed by atoms with Crippen molar-refractivity contribution in [3.63, 3.8) is 0 Å². The fourth-order valence-electron chi connectivity index (χ4n) is 5.68. The predicted molar refractivity (Wildman–Crippen MR) is 168 cm³/mol. The summed E-state index contributed by atoms with van der Waals surface area (Å²) in [7, 11) is 2.14. The Hall–Kier alpha value is -5.08. The Balaban J connectivity index is 1.38. The Morgan fingerprint density at radius 1 is 0.333 bits per heavy atom. The molecule has 7 rings (SSSR count). The summed E-state index contributed by atoms with van der Waals surface area (Å²) in [5, 5.41) is 7.41. The third-order valence-corrected chi connectivity index (χ3v) is 7.64. The maximum atomic E-state index is 2.40. The first-order valence-electron chi connectivity index (χ1n) is 13.4. The lowest BCUT2D eigenvalue weighted by Gasteiger charge is -2.29. The van der Waals surface area contributed by atoms with Crippen LogP contribution in [0.3, 0.4) is 0 Å². The van der Waals surface area contributed by atoms with Crippen LogP contribution in [0.2, 0.25) is 0 Å². The summed E-state index contributed by atoms with van der Waals surface area (Å²) >= 11 is 0. The smallest absolute Gasteiger partial charge is 0.0540 e. The van der Waals surface area contributed by atoms with Crippen molar-refractivity contribution in [1.82, 2.24) is 0 Å². The fraction of sp³-hybridized carbons (Fsp3) is 0.0270. The van der Waals surface area contributed by atoms with Crippen LogP contribution in [0, 0.1) is 0 Å². The zero-order valence-electron chi connectivity index (χ0n) is 21.8. The molecule has 0 radical (unpaired) electrons. The van der Waals surface area contributed by atoms with E-state index in [0.29, 0.717) is 0 Å². The van der Waals surface area contributed by atoms with E-state index in [1.165, 1.54) is 49.4 Å². The van der Waals surface area contributed by atoms with Gasteiger partial charge in [0.05, 0.1) is 11.4 Å². The van der Waals surface area contributed by atoms with Crippen molar-refractivity contribution in [1.29, 1.82) is 0 Å². The van der Waals surface area contributed by atoms with Crippen molar-refractivity contribution in [2.24, 2.45) is 0 Å². The second kappa shape index (κ2) is 9.66. The second-order valence-corrected chi connectivity index (χ2v) is 9.91. The van der Waals surface area contributed by atoms with Crippen molar-refractivity contribution in [2.75, 3.05) is 16.8 Å². The molecule has 0 aliphatic carbocycles. The van der Waals surface area contributed by atoms with E-state index in [1.807, 2.05) is 0 Å². The molecule has 0 saturated carbocycles. The van der Waals surface area contributed by atoms with Crippen molar-refractivity contribution in [3.05, 3.63) is 152 Å². The molecule has 0 saturated heterocycles. The third kappa shape index (κ3) is 4.07. The van der Waals surface area contributed by atoms with Gasteiger partial charge in [-0.3, -0.25) is 0 Å². The maximum Gasteiger partial charge on any atom is 0.0540 e. The first-order valence-corrected chi connectivity index (χ1v) is 13.4. The molecular formula is C37H28N2. The van der Waals surface area contributed by atoms with E-state index in [0.717, 1.165) is 11.4 Å². The summed E-state index contributed by atoms with van der Waals surface area (Å²) in [5.41, 5.74) is 5.80. The molecule has 0 unspecified atom stereocenters. The molecule has 2 heteroatoms. The van der Waals surface area contributed by atoms with E-state index < -0.39 is 0 Å². The molecule has 0 N–H and O–H groups in total. The largest absolute Gasteiger partial charge is 0.344 e. The minimum absolute atomic E-state index is 1.12. The van der Waals surface area contributed by atoms with Crippen LogP contribution in [0.15, 0.2) is 152 Å². The average molecular weight is 501 g/mol. The zero-order valence-corrected chi connectivity index (χ0v) is 21.8. The molecule has 0 aromatic heterocycles. The van der Waals surface area contributed by atoms with Gasteiger partial charge in [-0.15, -0.1) is 0 Å².